The summed E-state index contributed by atoms with van der Waals surface area (Å²) in [4.78, 5) is 79.1. The van der Waals surface area contributed by atoms with Gasteiger partial charge in [0.05, 0.1) is 36.8 Å². The SMILES string of the molecule is C=C(C)CCOC(=O)CN(CC(=C)OCOC(=C)C)c1ccccc1OCCOc1cc(-c2c3ccc(=O)cc-3oc3cc(CCC)ccc23)ccc1N(CC(=O)CCCC(C)=O)CC(=O)OCOC(C)=O. The highest BCUT2D eigenvalue weighted by molar-refractivity contribution is 6.02. The number of hydrogen-bond donors (Lipinski definition) is 0. The molecule has 16 nitrogen and oxygen atoms in total. The van der Waals surface area contributed by atoms with Crippen LogP contribution in [0.15, 0.2) is 125 Å². The van der Waals surface area contributed by atoms with E-state index in [0.717, 1.165) is 34.9 Å². The smallest absolute Gasteiger partial charge is 0.328 e. The molecule has 0 saturated heterocycles. The number of aryl methyl sites for hydroxylation is 1. The molecule has 72 heavy (non-hydrogen) atoms. The van der Waals surface area contributed by atoms with Gasteiger partial charge in [-0.3, -0.25) is 24.0 Å². The Bertz CT molecular complexity index is 2710. The van der Waals surface area contributed by atoms with E-state index in [4.69, 9.17) is 37.6 Å². The summed E-state index contributed by atoms with van der Waals surface area (Å²) in [5.74, 6) is -0.442. The van der Waals surface area contributed by atoms with Gasteiger partial charge in [-0.15, -0.1) is 6.58 Å². The second kappa shape index (κ2) is 27.5. The van der Waals surface area contributed by atoms with Gasteiger partial charge < -0.3 is 52.2 Å². The molecule has 0 amide bonds. The molecule has 3 aromatic rings. The number of anilines is 2. The van der Waals surface area contributed by atoms with E-state index in [2.05, 4.69) is 26.7 Å². The Morgan fingerprint density at radius 1 is 0.639 bits per heavy atom. The van der Waals surface area contributed by atoms with Gasteiger partial charge >= 0.3 is 17.9 Å². The van der Waals surface area contributed by atoms with Gasteiger partial charge in [-0.05, 0) is 87.2 Å². The number of ketones is 2. The minimum absolute atomic E-state index is 0.0293. The van der Waals surface area contributed by atoms with Gasteiger partial charge in [-0.1, -0.05) is 62.4 Å². The summed E-state index contributed by atoms with van der Waals surface area (Å²) >= 11 is 0. The molecule has 0 radical (unpaired) electrons. The van der Waals surface area contributed by atoms with Crippen LogP contribution in [-0.4, -0.2) is 89.1 Å². The van der Waals surface area contributed by atoms with Gasteiger partial charge in [0.25, 0.3) is 0 Å². The van der Waals surface area contributed by atoms with Crippen LogP contribution < -0.4 is 24.7 Å². The number of rotatable bonds is 31. The summed E-state index contributed by atoms with van der Waals surface area (Å²) in [7, 11) is 0. The maximum Gasteiger partial charge on any atom is 0.328 e. The van der Waals surface area contributed by atoms with E-state index in [1.165, 1.54) is 30.9 Å². The van der Waals surface area contributed by atoms with Crippen LogP contribution in [0.3, 0.4) is 0 Å². The first-order valence-electron chi connectivity index (χ1n) is 23.7. The predicted octanol–water partition coefficient (Wildman–Crippen LogP) is 9.53. The first-order valence-corrected chi connectivity index (χ1v) is 23.7. The van der Waals surface area contributed by atoms with Gasteiger partial charge in [0.2, 0.25) is 13.6 Å². The number of fused-ring (bicyclic) bond motifs is 2. The Labute approximate surface area is 420 Å². The van der Waals surface area contributed by atoms with Crippen molar-refractivity contribution in [2.45, 2.75) is 73.1 Å². The van der Waals surface area contributed by atoms with Gasteiger partial charge in [-0.25, -0.2) is 0 Å². The minimum Gasteiger partial charge on any atom is -0.488 e. The number of Topliss-reactive ketones (excluding diaryl/α,β-unsaturated/α-hetero) is 2. The predicted molar refractivity (Wildman–Crippen MR) is 274 cm³/mol. The molecule has 1 heterocycles. The zero-order chi connectivity index (χ0) is 52.2. The molecule has 3 aromatic carbocycles. The Hall–Kier alpha value is -7.88. The summed E-state index contributed by atoms with van der Waals surface area (Å²) in [6.45, 7) is 18.4. The van der Waals surface area contributed by atoms with E-state index in [0.29, 0.717) is 64.0 Å². The molecule has 0 spiro atoms. The van der Waals surface area contributed by atoms with Crippen LogP contribution in [-0.2, 0) is 54.1 Å². The molecule has 0 aromatic heterocycles. The largest absolute Gasteiger partial charge is 0.488 e. The summed E-state index contributed by atoms with van der Waals surface area (Å²) in [6, 6.07) is 23.0. The molecule has 5 rings (SSSR count). The van der Waals surface area contributed by atoms with Crippen molar-refractivity contribution in [1.82, 2.24) is 0 Å². The highest BCUT2D eigenvalue weighted by Crippen LogP contribution is 2.43. The normalized spacial score (nSPS) is 10.8. The molecule has 0 fully saturated rings. The third-order valence-corrected chi connectivity index (χ3v) is 10.9. The summed E-state index contributed by atoms with van der Waals surface area (Å²) in [5.41, 5.74) is 5.24. The lowest BCUT2D eigenvalue weighted by Gasteiger charge is -2.27. The van der Waals surface area contributed by atoms with E-state index < -0.39 is 31.2 Å². The lowest BCUT2D eigenvalue weighted by atomic mass is 9.92. The maximum atomic E-state index is 13.6. The topological polar surface area (TPSA) is 187 Å². The second-order valence-corrected chi connectivity index (χ2v) is 17.2. The molecule has 2 aliphatic rings. The quantitative estimate of drug-likeness (QED) is 0.0102. The van der Waals surface area contributed by atoms with Crippen molar-refractivity contribution >= 4 is 51.8 Å². The van der Waals surface area contributed by atoms with Crippen molar-refractivity contribution in [1.29, 1.82) is 0 Å². The number of allylic oxidation sites excluding steroid dienone is 1. The van der Waals surface area contributed by atoms with Gasteiger partial charge in [0.15, 0.2) is 11.2 Å². The van der Waals surface area contributed by atoms with E-state index in [-0.39, 0.29) is 81.8 Å². The maximum absolute atomic E-state index is 13.6. The number of carbonyl (C=O) groups excluding carboxylic acids is 5. The molecule has 1 aliphatic carbocycles. The average molecular weight is 989 g/mol. The van der Waals surface area contributed by atoms with Gasteiger partial charge in [0, 0.05) is 48.8 Å². The van der Waals surface area contributed by atoms with Crippen LogP contribution in [0.25, 0.3) is 33.4 Å². The van der Waals surface area contributed by atoms with Crippen LogP contribution in [0.4, 0.5) is 11.4 Å². The van der Waals surface area contributed by atoms with E-state index in [1.807, 2.05) is 31.2 Å². The third kappa shape index (κ3) is 17.2. The van der Waals surface area contributed by atoms with Crippen molar-refractivity contribution in [3.63, 3.8) is 0 Å². The van der Waals surface area contributed by atoms with Crippen LogP contribution >= 0.6 is 0 Å². The summed E-state index contributed by atoms with van der Waals surface area (Å²) in [5, 5.41) is 0.770. The van der Waals surface area contributed by atoms with Crippen molar-refractivity contribution in [2.75, 3.05) is 69.4 Å². The fraction of sp³-hybridized carbons (Fsp3) is 0.357. The fourth-order valence-corrected chi connectivity index (χ4v) is 7.53. The number of nitrogens with zero attached hydrogens (tertiary/aromatic N) is 2. The Balaban J connectivity index is 1.53. The summed E-state index contributed by atoms with van der Waals surface area (Å²) in [6.07, 6.45) is 2.85. The number of ether oxygens (including phenoxy) is 7. The van der Waals surface area contributed by atoms with E-state index in [1.54, 1.807) is 54.3 Å². The number of benzene rings is 4. The Kier molecular flexibility index (Phi) is 21.0. The van der Waals surface area contributed by atoms with Crippen LogP contribution in [0, 0.1) is 0 Å². The molecule has 0 bridgehead atoms. The van der Waals surface area contributed by atoms with Crippen molar-refractivity contribution in [3.05, 3.63) is 131 Å². The standard InChI is InChI=1S/C56H64N2O14/c1-9-13-42-18-21-46-51(28-42)72-52-30-44(61)20-22-47(52)56(46)43-19-23-49(58(32-45(62)15-12-14-39(6)59)34-55(64)71-36-70-41(8)60)53(29-43)66-27-26-65-50-17-11-10-16-48(50)57(31-40(7)69-35-68-38(4)5)33-54(63)67-25-24-37(2)3/h10-11,16-23,28-30H,2,4,7,9,12-15,24-27,31-36H2,1,3,5-6,8H3. The third-order valence-electron chi connectivity index (χ3n) is 10.9. The number of esters is 3. The van der Waals surface area contributed by atoms with E-state index in [9.17, 15) is 28.8 Å². The average Bonchev–Trinajstić information content (AvgIpc) is 3.31. The number of carbonyl (C=O) groups is 5. The Morgan fingerprint density at radius 2 is 1.33 bits per heavy atom. The zero-order valence-corrected chi connectivity index (χ0v) is 41.8. The lowest BCUT2D eigenvalue weighted by molar-refractivity contribution is -0.164. The molecular weight excluding hydrogens is 925 g/mol. The molecule has 0 atom stereocenters. The first kappa shape index (κ1) is 55.1. The zero-order valence-electron chi connectivity index (χ0n) is 41.8. The molecule has 382 valence electrons. The molecule has 0 saturated carbocycles. The van der Waals surface area contributed by atoms with Crippen LogP contribution in [0.2, 0.25) is 0 Å². The van der Waals surface area contributed by atoms with Gasteiger partial charge in [0.1, 0.15) is 60.7 Å². The van der Waals surface area contributed by atoms with Crippen molar-refractivity contribution in [2.24, 2.45) is 0 Å². The highest BCUT2D eigenvalue weighted by atomic mass is 16.7. The summed E-state index contributed by atoms with van der Waals surface area (Å²) < 4.78 is 45.9. The number of hydrogen-bond acceptors (Lipinski definition) is 16. The molecule has 16 heteroatoms. The highest BCUT2D eigenvalue weighted by Gasteiger charge is 2.25. The van der Waals surface area contributed by atoms with Crippen molar-refractivity contribution < 1.29 is 61.5 Å². The molecular formula is C56H64N2O14. The monoisotopic (exact) mass is 988 g/mol. The first-order chi connectivity index (χ1) is 34.5. The lowest BCUT2D eigenvalue weighted by Crippen LogP contribution is -2.36. The van der Waals surface area contributed by atoms with Crippen LogP contribution in [0.5, 0.6) is 11.5 Å². The van der Waals surface area contributed by atoms with E-state index >= 15 is 0 Å². The number of para-hydroxylation sites is 2. The van der Waals surface area contributed by atoms with Crippen LogP contribution in [0.1, 0.15) is 72.3 Å². The molecule has 1 aliphatic heterocycles. The molecule has 0 N–H and O–H groups in total. The fourth-order valence-electron chi connectivity index (χ4n) is 7.53. The second-order valence-electron chi connectivity index (χ2n) is 17.2. The Morgan fingerprint density at radius 3 is 2.04 bits per heavy atom. The molecule has 0 unspecified atom stereocenters. The minimum atomic E-state index is -0.790. The van der Waals surface area contributed by atoms with Gasteiger partial charge in [-0.2, -0.15) is 0 Å². The van der Waals surface area contributed by atoms with Crippen molar-refractivity contribution in [3.8, 4) is 33.9 Å².